The SMILES string of the molecule is COc1cc2nc([C@@H]3[C@@H](C)CCN3C(=O)c3sc(C)nc3-c3ccc(C)cc3)[nH]c2cc1OC. The molecule has 176 valence electrons. The van der Waals surface area contributed by atoms with Crippen LogP contribution in [0.2, 0.25) is 0 Å². The normalized spacial score (nSPS) is 18.0. The molecule has 7 nitrogen and oxygen atoms in total. The van der Waals surface area contributed by atoms with E-state index in [1.165, 1.54) is 16.9 Å². The van der Waals surface area contributed by atoms with E-state index in [-0.39, 0.29) is 17.9 Å². The lowest BCUT2D eigenvalue weighted by Gasteiger charge is -2.25. The van der Waals surface area contributed by atoms with Crippen molar-refractivity contribution < 1.29 is 14.3 Å². The van der Waals surface area contributed by atoms with Gasteiger partial charge in [-0.1, -0.05) is 36.8 Å². The summed E-state index contributed by atoms with van der Waals surface area (Å²) in [6, 6.07) is 11.8. The van der Waals surface area contributed by atoms with Crippen molar-refractivity contribution >= 4 is 28.3 Å². The minimum absolute atomic E-state index is 0.00569. The molecule has 1 aliphatic rings. The number of fused-ring (bicyclic) bond motifs is 1. The number of aromatic nitrogens is 3. The molecule has 2 atom stereocenters. The van der Waals surface area contributed by atoms with Crippen molar-refractivity contribution in [3.8, 4) is 22.8 Å². The Labute approximate surface area is 202 Å². The lowest BCUT2D eigenvalue weighted by molar-refractivity contribution is 0.0720. The second-order valence-corrected chi connectivity index (χ2v) is 10.0. The molecular formula is C26H28N4O3S. The summed E-state index contributed by atoms with van der Waals surface area (Å²) in [5.41, 5.74) is 4.53. The standard InChI is InChI=1S/C26H28N4O3S/c1-14-6-8-17(9-7-14)22-24(34-16(3)27-22)26(31)30-11-10-15(2)23(30)25-28-18-12-20(32-4)21(33-5)13-19(18)29-25/h6-9,12-13,15,23H,10-11H2,1-5H3,(H,28,29)/t15-,23-/m0/s1. The Balaban J connectivity index is 1.53. The zero-order chi connectivity index (χ0) is 24.0. The molecule has 0 bridgehead atoms. The third-order valence-corrected chi connectivity index (χ3v) is 7.46. The average Bonchev–Trinajstić information content (AvgIpc) is 3.53. The number of hydrogen-bond acceptors (Lipinski definition) is 6. The molecule has 2 aromatic heterocycles. The zero-order valence-corrected chi connectivity index (χ0v) is 20.8. The predicted molar refractivity (Wildman–Crippen MR) is 134 cm³/mol. The van der Waals surface area contributed by atoms with Crippen LogP contribution >= 0.6 is 11.3 Å². The minimum Gasteiger partial charge on any atom is -0.493 e. The number of imidazole rings is 1. The van der Waals surface area contributed by atoms with E-state index in [1.54, 1.807) is 14.2 Å². The molecule has 0 unspecified atom stereocenters. The molecule has 3 heterocycles. The van der Waals surface area contributed by atoms with E-state index in [4.69, 9.17) is 19.4 Å². The Morgan fingerprint density at radius 2 is 1.79 bits per heavy atom. The smallest absolute Gasteiger partial charge is 0.266 e. The largest absolute Gasteiger partial charge is 0.493 e. The maximum atomic E-state index is 13.9. The molecule has 4 aromatic rings. The highest BCUT2D eigenvalue weighted by Crippen LogP contribution is 2.40. The van der Waals surface area contributed by atoms with Crippen molar-refractivity contribution in [3.05, 3.63) is 57.7 Å². The number of methoxy groups -OCH3 is 2. The third kappa shape index (κ3) is 3.81. The number of amides is 1. The molecule has 1 saturated heterocycles. The first-order valence-corrected chi connectivity index (χ1v) is 12.2. The Morgan fingerprint density at radius 3 is 2.50 bits per heavy atom. The van der Waals surface area contributed by atoms with E-state index < -0.39 is 0 Å². The summed E-state index contributed by atoms with van der Waals surface area (Å²) in [5, 5.41) is 0.880. The van der Waals surface area contributed by atoms with Gasteiger partial charge in [-0.05, 0) is 26.2 Å². The van der Waals surface area contributed by atoms with Crippen LogP contribution in [0.5, 0.6) is 11.5 Å². The van der Waals surface area contributed by atoms with Crippen LogP contribution < -0.4 is 9.47 Å². The number of carbonyl (C=O) groups excluding carboxylic acids is 1. The van der Waals surface area contributed by atoms with E-state index in [2.05, 4.69) is 31.0 Å². The van der Waals surface area contributed by atoms with E-state index in [9.17, 15) is 4.79 Å². The van der Waals surface area contributed by atoms with Crippen LogP contribution in [0.4, 0.5) is 0 Å². The number of benzene rings is 2. The molecule has 5 rings (SSSR count). The van der Waals surface area contributed by atoms with Crippen molar-refractivity contribution in [3.63, 3.8) is 0 Å². The van der Waals surface area contributed by atoms with E-state index >= 15 is 0 Å². The van der Waals surface area contributed by atoms with E-state index in [0.29, 0.717) is 22.9 Å². The summed E-state index contributed by atoms with van der Waals surface area (Å²) in [6.45, 7) is 6.85. The molecule has 0 saturated carbocycles. The Kier molecular flexibility index (Phi) is 5.77. The number of aryl methyl sites for hydroxylation is 2. The summed E-state index contributed by atoms with van der Waals surface area (Å²) >= 11 is 1.46. The quantitative estimate of drug-likeness (QED) is 0.409. The van der Waals surface area contributed by atoms with E-state index in [1.807, 2.05) is 36.1 Å². The summed E-state index contributed by atoms with van der Waals surface area (Å²) in [4.78, 5) is 29.5. The molecule has 1 fully saturated rings. The van der Waals surface area contributed by atoms with Gasteiger partial charge in [0.15, 0.2) is 11.5 Å². The van der Waals surface area contributed by atoms with Gasteiger partial charge in [-0.3, -0.25) is 4.79 Å². The molecule has 0 aliphatic carbocycles. The number of nitrogens with zero attached hydrogens (tertiary/aromatic N) is 3. The number of H-pyrrole nitrogens is 1. The monoisotopic (exact) mass is 476 g/mol. The molecule has 0 radical (unpaired) electrons. The lowest BCUT2D eigenvalue weighted by Crippen LogP contribution is -2.32. The second kappa shape index (κ2) is 8.76. The van der Waals surface area contributed by atoms with Gasteiger partial charge < -0.3 is 19.4 Å². The first-order valence-electron chi connectivity index (χ1n) is 11.4. The van der Waals surface area contributed by atoms with Crippen molar-refractivity contribution in [1.29, 1.82) is 0 Å². The zero-order valence-electron chi connectivity index (χ0n) is 20.0. The highest BCUT2D eigenvalue weighted by Gasteiger charge is 2.39. The lowest BCUT2D eigenvalue weighted by atomic mass is 10.0. The van der Waals surface area contributed by atoms with Gasteiger partial charge in [0, 0.05) is 24.2 Å². The Bertz CT molecular complexity index is 1320. The van der Waals surface area contributed by atoms with Gasteiger partial charge in [0.25, 0.3) is 5.91 Å². The van der Waals surface area contributed by atoms with Gasteiger partial charge in [0.05, 0.1) is 42.0 Å². The number of thiazole rings is 1. The molecule has 34 heavy (non-hydrogen) atoms. The van der Waals surface area contributed by atoms with Crippen molar-refractivity contribution in [2.45, 2.75) is 33.2 Å². The number of ether oxygens (including phenoxy) is 2. The Morgan fingerprint density at radius 1 is 1.09 bits per heavy atom. The number of nitrogens with one attached hydrogen (secondary N) is 1. The highest BCUT2D eigenvalue weighted by atomic mass is 32.1. The van der Waals surface area contributed by atoms with Gasteiger partial charge in [0.2, 0.25) is 0 Å². The maximum Gasteiger partial charge on any atom is 0.266 e. The van der Waals surface area contributed by atoms with Gasteiger partial charge in [-0.15, -0.1) is 11.3 Å². The average molecular weight is 477 g/mol. The fraction of sp³-hybridized carbons (Fsp3) is 0.346. The summed E-state index contributed by atoms with van der Waals surface area (Å²) in [7, 11) is 3.22. The fourth-order valence-corrected chi connectivity index (χ4v) is 5.60. The van der Waals surface area contributed by atoms with Crippen LogP contribution in [0.25, 0.3) is 22.3 Å². The number of carbonyl (C=O) groups is 1. The number of aromatic amines is 1. The predicted octanol–water partition coefficient (Wildman–Crippen LogP) is 5.54. The van der Waals surface area contributed by atoms with Crippen molar-refractivity contribution in [2.24, 2.45) is 5.92 Å². The first-order chi connectivity index (χ1) is 16.4. The first kappa shape index (κ1) is 22.4. The summed E-state index contributed by atoms with van der Waals surface area (Å²) in [6.07, 6.45) is 0.914. The molecule has 1 aliphatic heterocycles. The van der Waals surface area contributed by atoms with Crippen LogP contribution in [0, 0.1) is 19.8 Å². The molecule has 1 N–H and O–H groups in total. The van der Waals surface area contributed by atoms with Gasteiger partial charge in [-0.2, -0.15) is 0 Å². The third-order valence-electron chi connectivity index (χ3n) is 6.50. The van der Waals surface area contributed by atoms with Crippen molar-refractivity contribution in [2.75, 3.05) is 20.8 Å². The fourth-order valence-electron chi connectivity index (χ4n) is 4.70. The van der Waals surface area contributed by atoms with Crippen LogP contribution in [-0.2, 0) is 0 Å². The number of rotatable bonds is 5. The Hall–Kier alpha value is -3.39. The molecule has 1 amide bonds. The minimum atomic E-state index is -0.148. The number of likely N-dealkylation sites (tertiary alicyclic amines) is 1. The van der Waals surface area contributed by atoms with Gasteiger partial charge in [0.1, 0.15) is 10.7 Å². The van der Waals surface area contributed by atoms with Gasteiger partial charge in [-0.25, -0.2) is 9.97 Å². The molecule has 0 spiro atoms. The number of hydrogen-bond donors (Lipinski definition) is 1. The van der Waals surface area contributed by atoms with Gasteiger partial charge >= 0.3 is 0 Å². The maximum absolute atomic E-state index is 13.9. The molecule has 8 heteroatoms. The van der Waals surface area contributed by atoms with Crippen LogP contribution in [0.1, 0.15) is 45.5 Å². The molecule has 2 aromatic carbocycles. The molecular weight excluding hydrogens is 448 g/mol. The van der Waals surface area contributed by atoms with Crippen molar-refractivity contribution in [1.82, 2.24) is 19.9 Å². The second-order valence-electron chi connectivity index (χ2n) is 8.83. The topological polar surface area (TPSA) is 80.3 Å². The van der Waals surface area contributed by atoms with Crippen LogP contribution in [0.15, 0.2) is 36.4 Å². The van der Waals surface area contributed by atoms with Crippen LogP contribution in [-0.4, -0.2) is 46.5 Å². The van der Waals surface area contributed by atoms with Crippen LogP contribution in [0.3, 0.4) is 0 Å². The van der Waals surface area contributed by atoms with E-state index in [0.717, 1.165) is 39.5 Å². The summed E-state index contributed by atoms with van der Waals surface area (Å²) in [5.74, 6) is 2.32. The summed E-state index contributed by atoms with van der Waals surface area (Å²) < 4.78 is 10.9. The highest BCUT2D eigenvalue weighted by molar-refractivity contribution is 7.14.